The van der Waals surface area contributed by atoms with Gasteiger partial charge in [0.25, 0.3) is 11.8 Å². The molecule has 1 N–H and O–H groups in total. The molecule has 37 heavy (non-hydrogen) atoms. The first-order chi connectivity index (χ1) is 17.0. The number of nitrogens with zero attached hydrogens (tertiary/aromatic N) is 1. The van der Waals surface area contributed by atoms with Gasteiger partial charge in [0.15, 0.2) is 5.78 Å². The Labute approximate surface area is 205 Å². The summed E-state index contributed by atoms with van der Waals surface area (Å²) < 4.78 is 97.3. The zero-order valence-electron chi connectivity index (χ0n) is 19.4. The zero-order valence-corrected chi connectivity index (χ0v) is 19.4. The molecule has 2 aliphatic rings. The Morgan fingerprint density at radius 1 is 0.946 bits per heavy atom. The minimum atomic E-state index is -5.56. The van der Waals surface area contributed by atoms with Gasteiger partial charge in [0.1, 0.15) is 5.82 Å². The predicted molar refractivity (Wildman–Crippen MR) is 117 cm³/mol. The number of hydrogen-bond donors (Lipinski definition) is 1. The summed E-state index contributed by atoms with van der Waals surface area (Å²) in [5.41, 5.74) is -8.31. The number of allylic oxidation sites excluding steroid dienone is 1. The molecule has 0 saturated heterocycles. The Morgan fingerprint density at radius 3 is 2.14 bits per heavy atom. The molecule has 0 fully saturated rings. The number of amides is 2. The maximum Gasteiger partial charge on any atom is 0.425 e. The summed E-state index contributed by atoms with van der Waals surface area (Å²) in [4.78, 5) is 40.3. The molecule has 196 valence electrons. The van der Waals surface area contributed by atoms with Crippen LogP contribution in [-0.2, 0) is 15.8 Å². The third-order valence-electron chi connectivity index (χ3n) is 6.28. The Balaban J connectivity index is 1.91. The molecule has 2 aromatic carbocycles. The average Bonchev–Trinajstić information content (AvgIpc) is 3.01. The van der Waals surface area contributed by atoms with Crippen LogP contribution in [0.1, 0.15) is 42.6 Å². The lowest BCUT2D eigenvalue weighted by atomic mass is 9.72. The predicted octanol–water partition coefficient (Wildman–Crippen LogP) is 5.57. The second-order valence-corrected chi connectivity index (χ2v) is 9.66. The van der Waals surface area contributed by atoms with Crippen molar-refractivity contribution in [2.75, 3.05) is 4.90 Å². The first kappa shape index (κ1) is 26.4. The largest absolute Gasteiger partial charge is 0.425 e. The van der Waals surface area contributed by atoms with E-state index in [-0.39, 0.29) is 24.2 Å². The van der Waals surface area contributed by atoms with E-state index in [4.69, 9.17) is 0 Å². The molecule has 1 atom stereocenters. The van der Waals surface area contributed by atoms with Crippen LogP contribution in [0, 0.1) is 11.2 Å². The van der Waals surface area contributed by atoms with Crippen molar-refractivity contribution in [2.24, 2.45) is 5.41 Å². The summed E-state index contributed by atoms with van der Waals surface area (Å²) >= 11 is 0. The summed E-state index contributed by atoms with van der Waals surface area (Å²) in [6.07, 6.45) is -11.0. The molecule has 0 saturated carbocycles. The number of Topliss-reactive ketones (excluding diaryl/α,β-unsaturated/α-hetero) is 1. The Bertz CT molecular complexity index is 1330. The minimum absolute atomic E-state index is 0.172. The van der Waals surface area contributed by atoms with Crippen LogP contribution in [0.25, 0.3) is 0 Å². The van der Waals surface area contributed by atoms with Crippen LogP contribution in [0.5, 0.6) is 0 Å². The van der Waals surface area contributed by atoms with Gasteiger partial charge in [-0.25, -0.2) is 4.39 Å². The maximum absolute atomic E-state index is 14.8. The van der Waals surface area contributed by atoms with Crippen LogP contribution >= 0.6 is 0 Å². The van der Waals surface area contributed by atoms with Crippen LogP contribution in [-0.4, -0.2) is 29.3 Å². The van der Waals surface area contributed by atoms with Gasteiger partial charge in [-0.2, -0.15) is 26.3 Å². The molecule has 2 amide bonds. The van der Waals surface area contributed by atoms with Crippen LogP contribution < -0.4 is 10.2 Å². The van der Waals surface area contributed by atoms with Crippen molar-refractivity contribution in [3.05, 3.63) is 76.7 Å². The number of rotatable bonds is 3. The van der Waals surface area contributed by atoms with Crippen molar-refractivity contribution in [1.82, 2.24) is 5.32 Å². The Morgan fingerprint density at radius 2 is 1.57 bits per heavy atom. The third kappa shape index (κ3) is 4.38. The fourth-order valence-electron chi connectivity index (χ4n) is 4.69. The highest BCUT2D eigenvalue weighted by atomic mass is 19.4. The number of benzene rings is 2. The van der Waals surface area contributed by atoms with Gasteiger partial charge >= 0.3 is 12.4 Å². The molecule has 2 aromatic rings. The van der Waals surface area contributed by atoms with Gasteiger partial charge in [0.2, 0.25) is 5.54 Å². The summed E-state index contributed by atoms with van der Waals surface area (Å²) in [6.45, 7) is 3.22. The second kappa shape index (κ2) is 8.42. The van der Waals surface area contributed by atoms with Crippen LogP contribution in [0.4, 0.5) is 36.4 Å². The number of ketones is 1. The maximum atomic E-state index is 14.8. The first-order valence-electron chi connectivity index (χ1n) is 10.9. The second-order valence-electron chi connectivity index (χ2n) is 9.66. The highest BCUT2D eigenvalue weighted by molar-refractivity contribution is 6.21. The smallest absolute Gasteiger partial charge is 0.326 e. The van der Waals surface area contributed by atoms with E-state index in [2.05, 4.69) is 0 Å². The number of nitrogens with one attached hydrogen (secondary N) is 1. The summed E-state index contributed by atoms with van der Waals surface area (Å²) in [5, 5.41) is 1.57. The van der Waals surface area contributed by atoms with Crippen molar-refractivity contribution < 1.29 is 45.1 Å². The van der Waals surface area contributed by atoms with Gasteiger partial charge in [-0.1, -0.05) is 19.9 Å². The molecular formula is C25H19F7N2O3. The van der Waals surface area contributed by atoms with E-state index in [1.807, 2.05) is 0 Å². The summed E-state index contributed by atoms with van der Waals surface area (Å²) in [5.74, 6) is -5.17. The molecule has 0 radical (unpaired) electrons. The Kier molecular flexibility index (Phi) is 6.00. The minimum Gasteiger partial charge on any atom is -0.326 e. The van der Waals surface area contributed by atoms with Crippen LogP contribution in [0.2, 0.25) is 0 Å². The number of alkyl halides is 6. The number of anilines is 1. The van der Waals surface area contributed by atoms with Crippen molar-refractivity contribution in [3.8, 4) is 0 Å². The lowest BCUT2D eigenvalue weighted by Gasteiger charge is -2.35. The van der Waals surface area contributed by atoms with E-state index < -0.39 is 63.4 Å². The van der Waals surface area contributed by atoms with Crippen molar-refractivity contribution in [2.45, 2.75) is 44.6 Å². The topological polar surface area (TPSA) is 66.5 Å². The van der Waals surface area contributed by atoms with E-state index in [1.54, 1.807) is 19.2 Å². The zero-order chi connectivity index (χ0) is 27.6. The van der Waals surface area contributed by atoms with Crippen LogP contribution in [0.3, 0.4) is 0 Å². The van der Waals surface area contributed by atoms with E-state index in [9.17, 15) is 45.1 Å². The number of halogens is 7. The fourth-order valence-corrected chi connectivity index (χ4v) is 4.69. The van der Waals surface area contributed by atoms with Crippen LogP contribution in [0.15, 0.2) is 59.8 Å². The molecule has 0 aromatic heterocycles. The van der Waals surface area contributed by atoms with Crippen molar-refractivity contribution in [1.29, 1.82) is 0 Å². The Hall–Kier alpha value is -3.70. The summed E-state index contributed by atoms with van der Waals surface area (Å²) in [7, 11) is 0. The number of hydrogen-bond acceptors (Lipinski definition) is 3. The lowest BCUT2D eigenvalue weighted by molar-refractivity contribution is -0.186. The molecule has 12 heteroatoms. The SMILES string of the molecule is CC1(C)CC(=O)C2=C(C1)N(c1ccc(F)cc1)C(=O)[C@]2(NC(=O)c1cccc(C(F)(F)F)c1)C(F)(F)F. The van der Waals surface area contributed by atoms with Gasteiger partial charge in [-0.05, 0) is 54.3 Å². The molecule has 5 nitrogen and oxygen atoms in total. The molecule has 1 aliphatic heterocycles. The standard InChI is InChI=1S/C25H19F7N2O3/c1-22(2)11-17-19(18(35)12-22)23(25(30,31)32,21(37)34(17)16-8-6-15(26)7-9-16)33-20(36)13-4-3-5-14(10-13)24(27,28)29/h3-10H,11-12H2,1-2H3,(H,33,36)/t23-/m0/s1. The monoisotopic (exact) mass is 528 g/mol. The number of carbonyl (C=O) groups is 3. The fraction of sp³-hybridized carbons (Fsp3) is 0.320. The highest BCUT2D eigenvalue weighted by Gasteiger charge is 2.72. The third-order valence-corrected chi connectivity index (χ3v) is 6.28. The first-order valence-corrected chi connectivity index (χ1v) is 10.9. The molecule has 0 unspecified atom stereocenters. The van der Waals surface area contributed by atoms with Gasteiger partial charge in [0, 0.05) is 23.4 Å². The average molecular weight is 528 g/mol. The van der Waals surface area contributed by atoms with E-state index in [1.165, 1.54) is 0 Å². The van der Waals surface area contributed by atoms with Crippen molar-refractivity contribution in [3.63, 3.8) is 0 Å². The van der Waals surface area contributed by atoms with Gasteiger partial charge in [-0.3, -0.25) is 19.3 Å². The van der Waals surface area contributed by atoms with E-state index in [0.717, 1.165) is 36.4 Å². The van der Waals surface area contributed by atoms with E-state index >= 15 is 0 Å². The normalized spacial score (nSPS) is 21.8. The molecular weight excluding hydrogens is 509 g/mol. The van der Waals surface area contributed by atoms with Crippen molar-refractivity contribution >= 4 is 23.3 Å². The molecule has 0 spiro atoms. The lowest BCUT2D eigenvalue weighted by Crippen LogP contribution is -2.66. The quantitative estimate of drug-likeness (QED) is 0.531. The molecule has 0 bridgehead atoms. The molecule has 1 heterocycles. The van der Waals surface area contributed by atoms with Gasteiger partial charge in [0.05, 0.1) is 11.1 Å². The molecule has 1 aliphatic carbocycles. The van der Waals surface area contributed by atoms with Gasteiger partial charge < -0.3 is 5.32 Å². The number of carbonyl (C=O) groups excluding carboxylic acids is 3. The molecule has 4 rings (SSSR count). The highest BCUT2D eigenvalue weighted by Crippen LogP contribution is 2.52. The van der Waals surface area contributed by atoms with Gasteiger partial charge in [-0.15, -0.1) is 0 Å². The summed E-state index contributed by atoms with van der Waals surface area (Å²) in [6, 6.07) is 6.57. The van der Waals surface area contributed by atoms with E-state index in [0.29, 0.717) is 17.0 Å².